The highest BCUT2D eigenvalue weighted by atomic mass is 19.4. The van der Waals surface area contributed by atoms with Crippen molar-refractivity contribution in [1.82, 2.24) is 9.88 Å². The molecule has 0 aliphatic carbocycles. The minimum absolute atomic E-state index is 0.00833. The first-order valence-electron chi connectivity index (χ1n) is 8.11. The Balaban J connectivity index is 1.61. The Morgan fingerprint density at radius 2 is 1.68 bits per heavy atom. The van der Waals surface area contributed by atoms with Crippen molar-refractivity contribution < 1.29 is 26.8 Å². The van der Waals surface area contributed by atoms with Crippen molar-refractivity contribution >= 4 is 5.91 Å². The van der Waals surface area contributed by atoms with E-state index in [0.29, 0.717) is 11.1 Å². The van der Waals surface area contributed by atoms with Crippen LogP contribution in [0.2, 0.25) is 0 Å². The van der Waals surface area contributed by atoms with Gasteiger partial charge in [-0.25, -0.2) is 9.18 Å². The van der Waals surface area contributed by atoms with Gasteiger partial charge in [0.15, 0.2) is 5.76 Å². The molecule has 1 heterocycles. The van der Waals surface area contributed by atoms with Crippen LogP contribution in [0, 0.1) is 5.82 Å². The number of nitrogens with one attached hydrogen (secondary N) is 1. The highest BCUT2D eigenvalue weighted by Gasteiger charge is 2.29. The molecule has 0 spiro atoms. The molecule has 0 aliphatic heterocycles. The summed E-state index contributed by atoms with van der Waals surface area (Å²) in [5, 5.41) is 2.52. The average Bonchev–Trinajstić information content (AvgIpc) is 3.00. The molecule has 1 N–H and O–H groups in total. The summed E-state index contributed by atoms with van der Waals surface area (Å²) in [6, 6.07) is 9.67. The third kappa shape index (κ3) is 4.67. The van der Waals surface area contributed by atoms with E-state index in [-0.39, 0.29) is 18.8 Å². The second kappa shape index (κ2) is 7.71. The van der Waals surface area contributed by atoms with E-state index in [0.717, 1.165) is 16.7 Å². The number of benzene rings is 2. The van der Waals surface area contributed by atoms with Crippen LogP contribution in [-0.2, 0) is 24.1 Å². The lowest BCUT2D eigenvalue weighted by Crippen LogP contribution is -2.30. The molecule has 0 aliphatic rings. The summed E-state index contributed by atoms with van der Waals surface area (Å²) in [5.41, 5.74) is 0.177. The van der Waals surface area contributed by atoms with Gasteiger partial charge in [-0.05, 0) is 42.0 Å². The molecule has 3 rings (SSSR count). The number of aromatic nitrogens is 1. The van der Waals surface area contributed by atoms with Crippen LogP contribution in [0.25, 0.3) is 11.3 Å². The molecule has 5 nitrogen and oxygen atoms in total. The van der Waals surface area contributed by atoms with Gasteiger partial charge in [-0.2, -0.15) is 13.2 Å². The Bertz CT molecular complexity index is 1020. The average molecular weight is 394 g/mol. The first kappa shape index (κ1) is 19.4. The van der Waals surface area contributed by atoms with Crippen LogP contribution >= 0.6 is 0 Å². The summed E-state index contributed by atoms with van der Waals surface area (Å²) in [5.74, 6) is -1.54. The fourth-order valence-electron chi connectivity index (χ4n) is 2.45. The van der Waals surface area contributed by atoms with Gasteiger partial charge in [0.1, 0.15) is 12.4 Å². The monoisotopic (exact) mass is 394 g/mol. The lowest BCUT2D eigenvalue weighted by molar-refractivity contribution is -0.137. The van der Waals surface area contributed by atoms with Gasteiger partial charge in [0.25, 0.3) is 0 Å². The second-order valence-corrected chi connectivity index (χ2v) is 5.97. The van der Waals surface area contributed by atoms with E-state index in [1.807, 2.05) is 0 Å². The number of carbonyl (C=O) groups excluding carboxylic acids is 1. The SMILES string of the molecule is O=C(Cn1cc(-c2ccc(F)cc2)oc1=O)NCc1ccc(C(F)(F)F)cc1. The third-order valence-electron chi connectivity index (χ3n) is 3.92. The van der Waals surface area contributed by atoms with Crippen LogP contribution in [-0.4, -0.2) is 10.5 Å². The predicted molar refractivity (Wildman–Crippen MR) is 91.7 cm³/mol. The van der Waals surface area contributed by atoms with Crippen molar-refractivity contribution in [2.75, 3.05) is 0 Å². The fourth-order valence-corrected chi connectivity index (χ4v) is 2.45. The predicted octanol–water partition coefficient (Wildman–Crippen LogP) is 3.58. The molecule has 0 atom stereocenters. The molecule has 0 unspecified atom stereocenters. The van der Waals surface area contributed by atoms with Gasteiger partial charge in [-0.3, -0.25) is 9.36 Å². The Morgan fingerprint density at radius 1 is 1.04 bits per heavy atom. The van der Waals surface area contributed by atoms with Crippen LogP contribution in [0.3, 0.4) is 0 Å². The van der Waals surface area contributed by atoms with Gasteiger partial charge in [0.05, 0.1) is 11.8 Å². The van der Waals surface area contributed by atoms with Crippen molar-refractivity contribution in [2.45, 2.75) is 19.3 Å². The molecule has 0 bridgehead atoms. The summed E-state index contributed by atoms with van der Waals surface area (Å²) < 4.78 is 56.6. The summed E-state index contributed by atoms with van der Waals surface area (Å²) in [4.78, 5) is 23.9. The van der Waals surface area contributed by atoms with Crippen LogP contribution in [0.15, 0.2) is 63.9 Å². The van der Waals surface area contributed by atoms with E-state index in [9.17, 15) is 27.2 Å². The number of oxazole rings is 1. The highest BCUT2D eigenvalue weighted by Crippen LogP contribution is 2.29. The van der Waals surface area contributed by atoms with Crippen molar-refractivity contribution in [3.63, 3.8) is 0 Å². The van der Waals surface area contributed by atoms with E-state index in [4.69, 9.17) is 4.42 Å². The maximum atomic E-state index is 13.0. The number of halogens is 4. The molecular formula is C19H14F4N2O3. The third-order valence-corrected chi connectivity index (χ3v) is 3.92. The zero-order valence-corrected chi connectivity index (χ0v) is 14.3. The van der Waals surface area contributed by atoms with E-state index in [1.54, 1.807) is 0 Å². The zero-order valence-electron chi connectivity index (χ0n) is 14.3. The van der Waals surface area contributed by atoms with Gasteiger partial charge < -0.3 is 9.73 Å². The molecule has 0 saturated heterocycles. The smallest absolute Gasteiger partial charge is 0.408 e. The molecule has 28 heavy (non-hydrogen) atoms. The number of rotatable bonds is 5. The maximum absolute atomic E-state index is 13.0. The maximum Gasteiger partial charge on any atom is 0.419 e. The standard InChI is InChI=1S/C19H14F4N2O3/c20-15-7-3-13(4-8-15)16-10-25(18(27)28-16)11-17(26)24-9-12-1-5-14(6-2-12)19(21,22)23/h1-8,10H,9,11H2,(H,24,26). The Hall–Kier alpha value is -3.36. The number of amides is 1. The minimum atomic E-state index is -4.42. The summed E-state index contributed by atoms with van der Waals surface area (Å²) in [6.07, 6.45) is -3.10. The van der Waals surface area contributed by atoms with Crippen LogP contribution in [0.4, 0.5) is 17.6 Å². The van der Waals surface area contributed by atoms with Crippen molar-refractivity contribution in [2.24, 2.45) is 0 Å². The Labute approximate surface area is 156 Å². The van der Waals surface area contributed by atoms with Crippen molar-refractivity contribution in [1.29, 1.82) is 0 Å². The molecular weight excluding hydrogens is 380 g/mol. The summed E-state index contributed by atoms with van der Waals surface area (Å²) >= 11 is 0. The van der Waals surface area contributed by atoms with E-state index < -0.39 is 29.2 Å². The molecule has 1 aromatic heterocycles. The first-order chi connectivity index (χ1) is 13.2. The molecule has 2 aromatic carbocycles. The lowest BCUT2D eigenvalue weighted by atomic mass is 10.1. The van der Waals surface area contributed by atoms with Crippen LogP contribution in [0.1, 0.15) is 11.1 Å². The molecule has 3 aromatic rings. The normalized spacial score (nSPS) is 11.4. The van der Waals surface area contributed by atoms with E-state index in [2.05, 4.69) is 5.32 Å². The summed E-state index contributed by atoms with van der Waals surface area (Å²) in [7, 11) is 0. The number of carbonyl (C=O) groups is 1. The molecule has 0 saturated carbocycles. The van der Waals surface area contributed by atoms with Gasteiger partial charge in [0, 0.05) is 12.1 Å². The minimum Gasteiger partial charge on any atom is -0.408 e. The molecule has 146 valence electrons. The zero-order chi connectivity index (χ0) is 20.3. The first-order valence-corrected chi connectivity index (χ1v) is 8.11. The number of hydrogen-bond acceptors (Lipinski definition) is 3. The van der Waals surface area contributed by atoms with Gasteiger partial charge in [0.2, 0.25) is 5.91 Å². The van der Waals surface area contributed by atoms with Crippen LogP contribution in [0.5, 0.6) is 0 Å². The largest absolute Gasteiger partial charge is 0.419 e. The van der Waals surface area contributed by atoms with Crippen LogP contribution < -0.4 is 11.1 Å². The number of nitrogens with zero attached hydrogens (tertiary/aromatic N) is 1. The highest BCUT2D eigenvalue weighted by molar-refractivity contribution is 5.75. The Morgan fingerprint density at radius 3 is 2.29 bits per heavy atom. The molecule has 9 heteroatoms. The Kier molecular flexibility index (Phi) is 5.34. The fraction of sp³-hybridized carbons (Fsp3) is 0.158. The van der Waals surface area contributed by atoms with Gasteiger partial charge >= 0.3 is 11.9 Å². The van der Waals surface area contributed by atoms with Crippen molar-refractivity contribution in [3.8, 4) is 11.3 Å². The molecule has 0 fully saturated rings. The van der Waals surface area contributed by atoms with Gasteiger partial charge in [-0.15, -0.1) is 0 Å². The second-order valence-electron chi connectivity index (χ2n) is 5.97. The summed E-state index contributed by atoms with van der Waals surface area (Å²) in [6.45, 7) is -0.321. The molecule has 0 radical (unpaired) electrons. The quantitative estimate of drug-likeness (QED) is 0.673. The topological polar surface area (TPSA) is 64.2 Å². The van der Waals surface area contributed by atoms with Crippen molar-refractivity contribution in [3.05, 3.63) is 82.2 Å². The van der Waals surface area contributed by atoms with E-state index >= 15 is 0 Å². The van der Waals surface area contributed by atoms with E-state index in [1.165, 1.54) is 42.6 Å². The molecule has 1 amide bonds. The van der Waals surface area contributed by atoms with Gasteiger partial charge in [-0.1, -0.05) is 12.1 Å². The number of hydrogen-bond donors (Lipinski definition) is 1. The lowest BCUT2D eigenvalue weighted by Gasteiger charge is -2.08. The number of alkyl halides is 3.